The Kier molecular flexibility index (Phi) is 9.73. The van der Waals surface area contributed by atoms with Crippen LogP contribution in [0.5, 0.6) is 0 Å². The number of anilines is 1. The van der Waals surface area contributed by atoms with E-state index in [1.807, 2.05) is 30.3 Å². The molecule has 0 bridgehead atoms. The van der Waals surface area contributed by atoms with Gasteiger partial charge in [-0.2, -0.15) is 10.5 Å². The number of benzene rings is 2. The normalized spacial score (nSPS) is 11.5. The van der Waals surface area contributed by atoms with Crippen LogP contribution in [0.1, 0.15) is 82.6 Å². The zero-order valence-corrected chi connectivity index (χ0v) is 19.6. The summed E-state index contributed by atoms with van der Waals surface area (Å²) in [6, 6.07) is 14.3. The predicted molar refractivity (Wildman–Crippen MR) is 126 cm³/mol. The Morgan fingerprint density at radius 3 is 1.66 bits per heavy atom. The first-order valence-electron chi connectivity index (χ1n) is 10.5. The zero-order valence-electron chi connectivity index (χ0n) is 19.6. The van der Waals surface area contributed by atoms with Crippen LogP contribution in [-0.2, 0) is 0 Å². The molecule has 0 aliphatic rings. The Morgan fingerprint density at radius 2 is 1.31 bits per heavy atom. The van der Waals surface area contributed by atoms with Gasteiger partial charge in [-0.05, 0) is 35.8 Å². The Labute approximate surface area is 177 Å². The van der Waals surface area contributed by atoms with Crippen molar-refractivity contribution in [1.82, 2.24) is 0 Å². The molecule has 0 saturated heterocycles. The van der Waals surface area contributed by atoms with Crippen LogP contribution in [0.3, 0.4) is 0 Å². The third kappa shape index (κ3) is 6.81. The van der Waals surface area contributed by atoms with Gasteiger partial charge in [0.15, 0.2) is 5.84 Å². The SMILES string of the molecule is CC(C)C.CN=C(c1ccccc1)N(N=N)c1c(C(C)C)cc(C)cc1C(C)C. The van der Waals surface area contributed by atoms with E-state index >= 15 is 0 Å². The lowest BCUT2D eigenvalue weighted by molar-refractivity contribution is 0.737. The molecule has 158 valence electrons. The van der Waals surface area contributed by atoms with Crippen molar-refractivity contribution in [2.24, 2.45) is 16.1 Å². The van der Waals surface area contributed by atoms with E-state index in [1.54, 1.807) is 12.1 Å². The highest BCUT2D eigenvalue weighted by atomic mass is 15.5. The quantitative estimate of drug-likeness (QED) is 0.240. The van der Waals surface area contributed by atoms with Crippen molar-refractivity contribution in [1.29, 1.82) is 5.53 Å². The molecule has 4 nitrogen and oxygen atoms in total. The van der Waals surface area contributed by atoms with Crippen LogP contribution in [0.15, 0.2) is 52.7 Å². The van der Waals surface area contributed by atoms with Crippen molar-refractivity contribution in [2.75, 3.05) is 12.1 Å². The highest BCUT2D eigenvalue weighted by Crippen LogP contribution is 2.37. The molecular formula is C25H38N4. The Morgan fingerprint density at radius 1 is 0.862 bits per heavy atom. The highest BCUT2D eigenvalue weighted by molar-refractivity contribution is 6.10. The van der Waals surface area contributed by atoms with Crippen molar-refractivity contribution in [3.63, 3.8) is 0 Å². The number of aliphatic imine (C=N–C) groups is 1. The summed E-state index contributed by atoms with van der Waals surface area (Å²) in [4.78, 5) is 4.46. The monoisotopic (exact) mass is 394 g/mol. The van der Waals surface area contributed by atoms with Crippen LogP contribution in [0.2, 0.25) is 0 Å². The number of hydrogen-bond acceptors (Lipinski definition) is 3. The molecule has 2 aromatic carbocycles. The Bertz CT molecular complexity index is 773. The van der Waals surface area contributed by atoms with E-state index < -0.39 is 0 Å². The fourth-order valence-corrected chi connectivity index (χ4v) is 3.10. The maximum Gasteiger partial charge on any atom is 0.158 e. The van der Waals surface area contributed by atoms with E-state index in [0.717, 1.165) is 17.2 Å². The minimum Gasteiger partial charge on any atom is -0.270 e. The van der Waals surface area contributed by atoms with Gasteiger partial charge in [0.2, 0.25) is 0 Å². The molecule has 0 aromatic heterocycles. The number of aryl methyl sites for hydroxylation is 1. The van der Waals surface area contributed by atoms with Crippen LogP contribution in [0, 0.1) is 18.4 Å². The third-order valence-electron chi connectivity index (χ3n) is 4.31. The van der Waals surface area contributed by atoms with Crippen LogP contribution in [0.25, 0.3) is 0 Å². The molecule has 29 heavy (non-hydrogen) atoms. The van der Waals surface area contributed by atoms with Crippen LogP contribution >= 0.6 is 0 Å². The first-order chi connectivity index (χ1) is 13.6. The van der Waals surface area contributed by atoms with Crippen molar-refractivity contribution >= 4 is 11.5 Å². The second-order valence-electron chi connectivity index (χ2n) is 8.66. The molecule has 2 rings (SSSR count). The standard InChI is InChI=1S/C21H28N4.C4H10/c1-14(2)18-12-16(5)13-19(15(3)4)20(18)25(24-22)21(23-6)17-10-8-7-9-11-17;1-4(2)3/h7-15,22H,1-6H3;4H,1-3H3. The zero-order chi connectivity index (χ0) is 22.1. The van der Waals surface area contributed by atoms with Gasteiger partial charge in [-0.3, -0.25) is 4.99 Å². The smallest absolute Gasteiger partial charge is 0.158 e. The lowest BCUT2D eigenvalue weighted by Crippen LogP contribution is -2.28. The molecular weight excluding hydrogens is 356 g/mol. The van der Waals surface area contributed by atoms with Crippen molar-refractivity contribution < 1.29 is 0 Å². The molecule has 4 heteroatoms. The minimum atomic E-state index is 0.325. The number of nitrogens with one attached hydrogen (secondary N) is 1. The average Bonchev–Trinajstić information content (AvgIpc) is 2.65. The van der Waals surface area contributed by atoms with Crippen molar-refractivity contribution in [3.8, 4) is 0 Å². The third-order valence-corrected chi connectivity index (χ3v) is 4.31. The molecule has 0 unspecified atom stereocenters. The van der Waals surface area contributed by atoms with E-state index in [0.29, 0.717) is 17.7 Å². The average molecular weight is 395 g/mol. The van der Waals surface area contributed by atoms with Crippen LogP contribution in [0.4, 0.5) is 5.69 Å². The molecule has 0 saturated carbocycles. The fraction of sp³-hybridized carbons (Fsp3) is 0.480. The van der Waals surface area contributed by atoms with Crippen LogP contribution in [-0.4, -0.2) is 12.9 Å². The van der Waals surface area contributed by atoms with E-state index in [1.165, 1.54) is 16.7 Å². The second kappa shape index (κ2) is 11.5. The molecule has 0 atom stereocenters. The number of amidine groups is 1. The molecule has 0 spiro atoms. The maximum atomic E-state index is 7.88. The summed E-state index contributed by atoms with van der Waals surface area (Å²) < 4.78 is 0. The lowest BCUT2D eigenvalue weighted by atomic mass is 9.90. The van der Waals surface area contributed by atoms with Gasteiger partial charge in [0.25, 0.3) is 0 Å². The molecule has 0 aliphatic carbocycles. The molecule has 2 aromatic rings. The Balaban J connectivity index is 0.000000960. The summed E-state index contributed by atoms with van der Waals surface area (Å²) in [6.07, 6.45) is 0. The topological polar surface area (TPSA) is 51.8 Å². The first kappa shape index (κ1) is 24.5. The van der Waals surface area contributed by atoms with E-state index in [2.05, 4.69) is 77.7 Å². The van der Waals surface area contributed by atoms with Gasteiger partial charge in [-0.15, -0.1) is 0 Å². The molecule has 0 fully saturated rings. The van der Waals surface area contributed by atoms with Gasteiger partial charge in [0.05, 0.1) is 5.69 Å². The lowest BCUT2D eigenvalue weighted by Gasteiger charge is -2.28. The van der Waals surface area contributed by atoms with E-state index in [9.17, 15) is 0 Å². The molecule has 0 amide bonds. The summed E-state index contributed by atoms with van der Waals surface area (Å²) >= 11 is 0. The van der Waals surface area contributed by atoms with Gasteiger partial charge < -0.3 is 0 Å². The number of rotatable bonds is 5. The molecule has 0 radical (unpaired) electrons. The predicted octanol–water partition coefficient (Wildman–Crippen LogP) is 7.73. The van der Waals surface area contributed by atoms with E-state index in [4.69, 9.17) is 5.53 Å². The second-order valence-corrected chi connectivity index (χ2v) is 8.66. The van der Waals surface area contributed by atoms with Gasteiger partial charge in [0.1, 0.15) is 0 Å². The Hall–Kier alpha value is -2.49. The number of nitrogens with zero attached hydrogens (tertiary/aromatic N) is 3. The summed E-state index contributed by atoms with van der Waals surface area (Å²) in [7, 11) is 1.75. The van der Waals surface area contributed by atoms with E-state index in [-0.39, 0.29) is 0 Å². The summed E-state index contributed by atoms with van der Waals surface area (Å²) in [5, 5.41) is 5.55. The largest absolute Gasteiger partial charge is 0.270 e. The van der Waals surface area contributed by atoms with Gasteiger partial charge >= 0.3 is 0 Å². The highest BCUT2D eigenvalue weighted by Gasteiger charge is 2.24. The van der Waals surface area contributed by atoms with Crippen molar-refractivity contribution in [2.45, 2.75) is 67.2 Å². The first-order valence-corrected chi connectivity index (χ1v) is 10.5. The summed E-state index contributed by atoms with van der Waals surface area (Å²) in [5.74, 6) is 2.17. The van der Waals surface area contributed by atoms with Gasteiger partial charge in [0, 0.05) is 12.6 Å². The fourth-order valence-electron chi connectivity index (χ4n) is 3.10. The maximum absolute atomic E-state index is 7.88. The van der Waals surface area contributed by atoms with Gasteiger partial charge in [-0.25, -0.2) is 0 Å². The molecule has 1 N–H and O–H groups in total. The minimum absolute atomic E-state index is 0.325. The summed E-state index contributed by atoms with van der Waals surface area (Å²) in [5.41, 5.74) is 13.4. The molecule has 0 aliphatic heterocycles. The number of hydrogen-bond donors (Lipinski definition) is 1. The molecule has 0 heterocycles. The van der Waals surface area contributed by atoms with Gasteiger partial charge in [-0.1, -0.05) is 102 Å². The summed E-state index contributed by atoms with van der Waals surface area (Å²) in [6.45, 7) is 17.3. The van der Waals surface area contributed by atoms with Crippen molar-refractivity contribution in [3.05, 3.63) is 64.7 Å². The van der Waals surface area contributed by atoms with Crippen LogP contribution < -0.4 is 5.01 Å².